The van der Waals surface area contributed by atoms with Crippen molar-refractivity contribution in [1.29, 1.82) is 5.26 Å². The molecule has 1 amide bonds. The molecular weight excluding hydrogens is 406 g/mol. The molecule has 3 aromatic rings. The van der Waals surface area contributed by atoms with Crippen molar-refractivity contribution < 1.29 is 14.3 Å². The van der Waals surface area contributed by atoms with Crippen LogP contribution in [-0.4, -0.2) is 41.7 Å². The molecule has 4 rings (SSSR count). The molecule has 0 spiro atoms. The molecular formula is C24H25N5O3. The van der Waals surface area contributed by atoms with Crippen molar-refractivity contribution in [2.75, 3.05) is 24.4 Å². The van der Waals surface area contributed by atoms with Gasteiger partial charge in [0.15, 0.2) is 0 Å². The number of methoxy groups -OCH3 is 1. The number of ether oxygens (including phenoxy) is 2. The summed E-state index contributed by atoms with van der Waals surface area (Å²) in [4.78, 5) is 21.5. The topological polar surface area (TPSA) is 109 Å². The van der Waals surface area contributed by atoms with E-state index in [1.54, 1.807) is 43.8 Å². The van der Waals surface area contributed by atoms with Gasteiger partial charge in [-0.25, -0.2) is 0 Å². The average Bonchev–Trinajstić information content (AvgIpc) is 2.80. The molecule has 2 N–H and O–H groups in total. The van der Waals surface area contributed by atoms with Crippen LogP contribution in [0.5, 0.6) is 5.75 Å². The molecule has 1 aliphatic heterocycles. The van der Waals surface area contributed by atoms with Crippen molar-refractivity contribution in [2.45, 2.75) is 38.3 Å². The Morgan fingerprint density at radius 3 is 2.88 bits per heavy atom. The first-order chi connectivity index (χ1) is 15.6. The van der Waals surface area contributed by atoms with Gasteiger partial charge in [-0.15, -0.1) is 0 Å². The van der Waals surface area contributed by atoms with Gasteiger partial charge in [0.05, 0.1) is 60.6 Å². The highest BCUT2D eigenvalue weighted by molar-refractivity contribution is 6.03. The average molecular weight is 431 g/mol. The van der Waals surface area contributed by atoms with Crippen LogP contribution in [0.15, 0.2) is 42.7 Å². The molecule has 0 unspecified atom stereocenters. The molecule has 1 fully saturated rings. The van der Waals surface area contributed by atoms with Gasteiger partial charge in [0.2, 0.25) is 5.91 Å². The van der Waals surface area contributed by atoms with Crippen LogP contribution in [0.3, 0.4) is 0 Å². The van der Waals surface area contributed by atoms with Crippen LogP contribution in [0.2, 0.25) is 0 Å². The van der Waals surface area contributed by atoms with Crippen molar-refractivity contribution in [3.8, 4) is 11.8 Å². The Kier molecular flexibility index (Phi) is 6.47. The molecule has 0 aliphatic carbocycles. The van der Waals surface area contributed by atoms with Crippen molar-refractivity contribution in [3.05, 3.63) is 54.0 Å². The number of rotatable bonds is 6. The fourth-order valence-electron chi connectivity index (χ4n) is 3.84. The summed E-state index contributed by atoms with van der Waals surface area (Å²) < 4.78 is 10.8. The van der Waals surface area contributed by atoms with E-state index in [0.717, 1.165) is 29.4 Å². The van der Waals surface area contributed by atoms with Gasteiger partial charge in [-0.3, -0.25) is 14.8 Å². The zero-order chi connectivity index (χ0) is 22.5. The highest BCUT2D eigenvalue weighted by atomic mass is 16.5. The summed E-state index contributed by atoms with van der Waals surface area (Å²) in [6.45, 7) is 2.73. The molecule has 0 radical (unpaired) electrons. The van der Waals surface area contributed by atoms with Crippen LogP contribution >= 0.6 is 0 Å². The predicted molar refractivity (Wildman–Crippen MR) is 122 cm³/mol. The number of aromatic nitrogens is 2. The van der Waals surface area contributed by atoms with Gasteiger partial charge in [0.1, 0.15) is 5.75 Å². The van der Waals surface area contributed by atoms with Crippen molar-refractivity contribution >= 4 is 28.2 Å². The van der Waals surface area contributed by atoms with Crippen LogP contribution in [0.4, 0.5) is 11.4 Å². The lowest BCUT2D eigenvalue weighted by atomic mass is 10.0. The Bertz CT molecular complexity index is 1160. The van der Waals surface area contributed by atoms with Gasteiger partial charge in [0, 0.05) is 23.7 Å². The molecule has 1 aromatic carbocycles. The Balaban J connectivity index is 1.62. The largest absolute Gasteiger partial charge is 0.495 e. The Morgan fingerprint density at radius 2 is 2.16 bits per heavy atom. The second-order valence-electron chi connectivity index (χ2n) is 7.85. The minimum atomic E-state index is -0.205. The van der Waals surface area contributed by atoms with Gasteiger partial charge < -0.3 is 20.1 Å². The summed E-state index contributed by atoms with van der Waals surface area (Å²) in [7, 11) is 1.57. The highest BCUT2D eigenvalue weighted by Gasteiger charge is 2.22. The smallest absolute Gasteiger partial charge is 0.230 e. The zero-order valence-corrected chi connectivity index (χ0v) is 18.1. The number of benzene rings is 1. The van der Waals surface area contributed by atoms with Gasteiger partial charge >= 0.3 is 0 Å². The van der Waals surface area contributed by atoms with E-state index in [2.05, 4.69) is 33.6 Å². The molecule has 8 nitrogen and oxygen atoms in total. The van der Waals surface area contributed by atoms with Gasteiger partial charge in [-0.05, 0) is 50.1 Å². The van der Waals surface area contributed by atoms with Crippen LogP contribution in [0.25, 0.3) is 10.9 Å². The molecule has 2 atom stereocenters. The van der Waals surface area contributed by atoms with E-state index in [1.165, 1.54) is 0 Å². The second kappa shape index (κ2) is 9.62. The van der Waals surface area contributed by atoms with Crippen LogP contribution in [-0.2, 0) is 16.0 Å². The van der Waals surface area contributed by atoms with E-state index in [-0.39, 0.29) is 24.5 Å². The number of pyridine rings is 2. The second-order valence-corrected chi connectivity index (χ2v) is 7.85. The lowest BCUT2D eigenvalue weighted by molar-refractivity contribution is -0.115. The van der Waals surface area contributed by atoms with E-state index in [1.807, 2.05) is 6.07 Å². The third-order valence-corrected chi connectivity index (χ3v) is 5.48. The molecule has 8 heteroatoms. The first kappa shape index (κ1) is 21.5. The van der Waals surface area contributed by atoms with Crippen molar-refractivity contribution in [3.63, 3.8) is 0 Å². The number of nitrogens with zero attached hydrogens (tertiary/aromatic N) is 3. The number of carbonyl (C=O) groups is 1. The van der Waals surface area contributed by atoms with E-state index in [9.17, 15) is 10.1 Å². The summed E-state index contributed by atoms with van der Waals surface area (Å²) in [5.74, 6) is 0.432. The van der Waals surface area contributed by atoms with E-state index < -0.39 is 0 Å². The minimum absolute atomic E-state index is 0.119. The quantitative estimate of drug-likeness (QED) is 0.613. The fourth-order valence-corrected chi connectivity index (χ4v) is 3.84. The third-order valence-electron chi connectivity index (χ3n) is 5.48. The number of carbonyl (C=O) groups excluding carboxylic acids is 1. The summed E-state index contributed by atoms with van der Waals surface area (Å²) in [6.07, 6.45) is 5.22. The van der Waals surface area contributed by atoms with E-state index >= 15 is 0 Å². The molecule has 2 aromatic heterocycles. The normalized spacial score (nSPS) is 18.0. The van der Waals surface area contributed by atoms with Gasteiger partial charge in [0.25, 0.3) is 0 Å². The van der Waals surface area contributed by atoms with Crippen LogP contribution in [0.1, 0.15) is 31.0 Å². The molecule has 32 heavy (non-hydrogen) atoms. The SMILES string of the molecule is COc1ccc(CC(=O)Nc2cnc3ccc(C#N)cc3c2N[C@@H]2CCO[C@H](C)C2)nc1. The summed E-state index contributed by atoms with van der Waals surface area (Å²) >= 11 is 0. The number of anilines is 2. The fraction of sp³-hybridized carbons (Fsp3) is 0.333. The van der Waals surface area contributed by atoms with Crippen LogP contribution < -0.4 is 15.4 Å². The summed E-state index contributed by atoms with van der Waals surface area (Å²) in [5, 5.41) is 16.7. The predicted octanol–water partition coefficient (Wildman–Crippen LogP) is 3.67. The molecule has 164 valence electrons. The summed E-state index contributed by atoms with van der Waals surface area (Å²) in [5.41, 5.74) is 3.26. The Labute approximate surface area is 186 Å². The van der Waals surface area contributed by atoms with Gasteiger partial charge in [-0.1, -0.05) is 0 Å². The highest BCUT2D eigenvalue weighted by Crippen LogP contribution is 2.33. The maximum atomic E-state index is 12.8. The Morgan fingerprint density at radius 1 is 1.28 bits per heavy atom. The standard InChI is InChI=1S/C24H25N5O3/c1-15-9-18(7-8-32-15)28-24-20-10-16(12-25)3-6-21(20)27-14-22(24)29-23(30)11-17-4-5-19(31-2)13-26-17/h3-6,10,13-15,18H,7-9,11H2,1-2H3,(H,27,28)(H,29,30)/t15-,18-/m1/s1. The zero-order valence-electron chi connectivity index (χ0n) is 18.1. The lowest BCUT2D eigenvalue weighted by Crippen LogP contribution is -2.33. The molecule has 1 saturated heterocycles. The Hall–Kier alpha value is -3.70. The van der Waals surface area contributed by atoms with Crippen LogP contribution in [0, 0.1) is 11.3 Å². The molecule has 1 aliphatic rings. The van der Waals surface area contributed by atoms with E-state index in [0.29, 0.717) is 29.3 Å². The number of nitriles is 1. The molecule has 3 heterocycles. The van der Waals surface area contributed by atoms with Gasteiger partial charge in [-0.2, -0.15) is 5.26 Å². The number of fused-ring (bicyclic) bond motifs is 1. The summed E-state index contributed by atoms with van der Waals surface area (Å²) in [6, 6.07) is 11.3. The lowest BCUT2D eigenvalue weighted by Gasteiger charge is -2.30. The molecule has 0 bridgehead atoms. The number of amides is 1. The first-order valence-corrected chi connectivity index (χ1v) is 10.6. The van der Waals surface area contributed by atoms with Crippen molar-refractivity contribution in [1.82, 2.24) is 9.97 Å². The number of hydrogen-bond donors (Lipinski definition) is 2. The maximum Gasteiger partial charge on any atom is 0.230 e. The van der Waals surface area contributed by atoms with E-state index in [4.69, 9.17) is 9.47 Å². The first-order valence-electron chi connectivity index (χ1n) is 10.6. The molecule has 0 saturated carbocycles. The minimum Gasteiger partial charge on any atom is -0.495 e. The maximum absolute atomic E-state index is 12.8. The van der Waals surface area contributed by atoms with Crippen molar-refractivity contribution in [2.24, 2.45) is 0 Å². The number of hydrogen-bond acceptors (Lipinski definition) is 7. The monoisotopic (exact) mass is 431 g/mol. The third kappa shape index (κ3) is 4.95. The number of nitrogens with one attached hydrogen (secondary N) is 2.